The minimum absolute atomic E-state index is 0.0600. The average Bonchev–Trinajstić information content (AvgIpc) is 2.97. The molecule has 2 aromatic rings. The SMILES string of the molecule is NCC#Cc1cncc(S(=O)(=O)NCc2ccoc2)c1. The average molecular weight is 291 g/mol. The zero-order valence-corrected chi connectivity index (χ0v) is 11.4. The van der Waals surface area contributed by atoms with Crippen LogP contribution in [-0.2, 0) is 16.6 Å². The van der Waals surface area contributed by atoms with Crippen LogP contribution in [0.15, 0.2) is 46.4 Å². The van der Waals surface area contributed by atoms with Gasteiger partial charge in [-0.15, -0.1) is 0 Å². The van der Waals surface area contributed by atoms with Crippen LogP contribution in [0.1, 0.15) is 11.1 Å². The van der Waals surface area contributed by atoms with Crippen molar-refractivity contribution in [1.29, 1.82) is 0 Å². The number of aromatic nitrogens is 1. The van der Waals surface area contributed by atoms with Crippen LogP contribution in [0.25, 0.3) is 0 Å². The molecule has 3 N–H and O–H groups in total. The van der Waals surface area contributed by atoms with Crippen LogP contribution >= 0.6 is 0 Å². The summed E-state index contributed by atoms with van der Waals surface area (Å²) in [4.78, 5) is 3.93. The molecule has 2 heterocycles. The molecule has 0 aromatic carbocycles. The monoisotopic (exact) mass is 291 g/mol. The van der Waals surface area contributed by atoms with Gasteiger partial charge in [0.1, 0.15) is 4.90 Å². The maximum Gasteiger partial charge on any atom is 0.242 e. The van der Waals surface area contributed by atoms with Gasteiger partial charge in [0.25, 0.3) is 0 Å². The van der Waals surface area contributed by atoms with Crippen LogP contribution in [0.2, 0.25) is 0 Å². The molecule has 0 saturated heterocycles. The van der Waals surface area contributed by atoms with Gasteiger partial charge in [0.05, 0.1) is 19.1 Å². The molecule has 0 aliphatic carbocycles. The van der Waals surface area contributed by atoms with Gasteiger partial charge < -0.3 is 10.2 Å². The van der Waals surface area contributed by atoms with Gasteiger partial charge in [0.2, 0.25) is 10.0 Å². The lowest BCUT2D eigenvalue weighted by molar-refractivity contribution is 0.561. The van der Waals surface area contributed by atoms with E-state index in [0.29, 0.717) is 5.56 Å². The first-order valence-corrected chi connectivity index (χ1v) is 7.25. The minimum atomic E-state index is -3.64. The van der Waals surface area contributed by atoms with Crippen LogP contribution in [0.4, 0.5) is 0 Å². The lowest BCUT2D eigenvalue weighted by atomic mass is 10.3. The summed E-state index contributed by atoms with van der Waals surface area (Å²) in [6.45, 7) is 0.354. The second-order valence-corrected chi connectivity index (χ2v) is 5.64. The lowest BCUT2D eigenvalue weighted by Crippen LogP contribution is -2.23. The van der Waals surface area contributed by atoms with E-state index in [9.17, 15) is 8.42 Å². The molecule has 0 bridgehead atoms. The summed E-state index contributed by atoms with van der Waals surface area (Å²) in [5.74, 6) is 5.39. The van der Waals surface area contributed by atoms with E-state index in [0.717, 1.165) is 5.56 Å². The molecule has 0 spiro atoms. The fourth-order valence-electron chi connectivity index (χ4n) is 1.44. The van der Waals surface area contributed by atoms with Crippen molar-refractivity contribution in [3.05, 3.63) is 48.2 Å². The molecule has 20 heavy (non-hydrogen) atoms. The van der Waals surface area contributed by atoms with Crippen molar-refractivity contribution in [2.24, 2.45) is 5.73 Å². The van der Waals surface area contributed by atoms with Crippen LogP contribution in [0.3, 0.4) is 0 Å². The lowest BCUT2D eigenvalue weighted by Gasteiger charge is -2.05. The van der Waals surface area contributed by atoms with Crippen LogP contribution in [0.5, 0.6) is 0 Å². The Kier molecular flexibility index (Phi) is 4.53. The standard InChI is InChI=1S/C13H13N3O3S/c14-4-1-2-11-6-13(9-15-7-11)20(17,18)16-8-12-3-5-19-10-12/h3,5-7,9-10,16H,4,8,14H2. The number of hydrogen-bond donors (Lipinski definition) is 2. The maximum absolute atomic E-state index is 12.1. The van der Waals surface area contributed by atoms with E-state index in [1.807, 2.05) is 0 Å². The third-order valence-corrected chi connectivity index (χ3v) is 3.77. The molecular weight excluding hydrogens is 278 g/mol. The van der Waals surface area contributed by atoms with Crippen molar-refractivity contribution in [2.45, 2.75) is 11.4 Å². The van der Waals surface area contributed by atoms with Crippen molar-refractivity contribution in [3.8, 4) is 11.8 Å². The Hall–Kier alpha value is -2.14. The van der Waals surface area contributed by atoms with Gasteiger partial charge in [-0.25, -0.2) is 13.1 Å². The molecule has 7 heteroatoms. The van der Waals surface area contributed by atoms with E-state index in [-0.39, 0.29) is 18.0 Å². The van der Waals surface area contributed by atoms with Gasteiger partial charge >= 0.3 is 0 Å². The number of rotatable bonds is 4. The van der Waals surface area contributed by atoms with E-state index in [2.05, 4.69) is 21.5 Å². The van der Waals surface area contributed by atoms with Crippen molar-refractivity contribution in [3.63, 3.8) is 0 Å². The zero-order chi connectivity index (χ0) is 14.4. The van der Waals surface area contributed by atoms with Gasteiger partial charge in [-0.2, -0.15) is 0 Å². The summed E-state index contributed by atoms with van der Waals surface area (Å²) < 4.78 is 31.5. The predicted octanol–water partition coefficient (Wildman–Crippen LogP) is 0.463. The third-order valence-electron chi connectivity index (χ3n) is 2.40. The molecule has 2 rings (SSSR count). The highest BCUT2D eigenvalue weighted by Gasteiger charge is 2.14. The summed E-state index contributed by atoms with van der Waals surface area (Å²) in [6, 6.07) is 3.14. The summed E-state index contributed by atoms with van der Waals surface area (Å²) in [5, 5.41) is 0. The number of furan rings is 1. The highest BCUT2D eigenvalue weighted by atomic mass is 32.2. The molecule has 0 fully saturated rings. The molecule has 0 saturated carbocycles. The number of nitrogens with two attached hydrogens (primary N) is 1. The highest BCUT2D eigenvalue weighted by molar-refractivity contribution is 7.89. The Morgan fingerprint density at radius 3 is 2.95 bits per heavy atom. The van der Waals surface area contributed by atoms with Gasteiger partial charge in [-0.1, -0.05) is 11.8 Å². The van der Waals surface area contributed by atoms with Crippen molar-refractivity contribution in [1.82, 2.24) is 9.71 Å². The molecule has 0 atom stereocenters. The first-order chi connectivity index (χ1) is 9.62. The van der Waals surface area contributed by atoms with Gasteiger partial charge in [-0.3, -0.25) is 4.98 Å². The minimum Gasteiger partial charge on any atom is -0.472 e. The number of pyridine rings is 1. The van der Waals surface area contributed by atoms with Crippen molar-refractivity contribution >= 4 is 10.0 Å². The molecule has 0 amide bonds. The second kappa shape index (κ2) is 6.34. The Morgan fingerprint density at radius 2 is 2.25 bits per heavy atom. The Morgan fingerprint density at radius 1 is 1.40 bits per heavy atom. The van der Waals surface area contributed by atoms with E-state index >= 15 is 0 Å². The molecule has 6 nitrogen and oxygen atoms in total. The fourth-order valence-corrected chi connectivity index (χ4v) is 2.45. The zero-order valence-electron chi connectivity index (χ0n) is 10.5. The van der Waals surface area contributed by atoms with Crippen LogP contribution in [-0.4, -0.2) is 19.9 Å². The smallest absolute Gasteiger partial charge is 0.242 e. The molecule has 104 valence electrons. The Bertz CT molecular complexity index is 728. The molecule has 0 radical (unpaired) electrons. The quantitative estimate of drug-likeness (QED) is 0.798. The maximum atomic E-state index is 12.1. The van der Waals surface area contributed by atoms with Gasteiger partial charge in [0.15, 0.2) is 0 Å². The number of nitrogens with one attached hydrogen (secondary N) is 1. The molecule has 0 aliphatic heterocycles. The summed E-state index contributed by atoms with van der Waals surface area (Å²) in [5.41, 5.74) is 6.51. The number of nitrogens with zero attached hydrogens (tertiary/aromatic N) is 1. The van der Waals surface area contributed by atoms with Crippen LogP contribution in [0, 0.1) is 11.8 Å². The topological polar surface area (TPSA) is 98.2 Å². The van der Waals surface area contributed by atoms with E-state index < -0.39 is 10.0 Å². The van der Waals surface area contributed by atoms with Gasteiger partial charge in [-0.05, 0) is 12.1 Å². The third kappa shape index (κ3) is 3.68. The number of sulfonamides is 1. The van der Waals surface area contributed by atoms with Crippen molar-refractivity contribution in [2.75, 3.05) is 6.54 Å². The normalized spacial score (nSPS) is 10.8. The van der Waals surface area contributed by atoms with Crippen LogP contribution < -0.4 is 10.5 Å². The largest absolute Gasteiger partial charge is 0.472 e. The number of hydrogen-bond acceptors (Lipinski definition) is 5. The summed E-state index contributed by atoms with van der Waals surface area (Å²) in [7, 11) is -3.64. The first kappa shape index (κ1) is 14.3. The van der Waals surface area contributed by atoms with E-state index in [4.69, 9.17) is 10.2 Å². The molecule has 0 aliphatic rings. The fraction of sp³-hybridized carbons (Fsp3) is 0.154. The molecular formula is C13H13N3O3S. The second-order valence-electron chi connectivity index (χ2n) is 3.87. The predicted molar refractivity (Wildman–Crippen MR) is 72.9 cm³/mol. The first-order valence-electron chi connectivity index (χ1n) is 5.76. The van der Waals surface area contributed by atoms with E-state index in [1.165, 1.54) is 31.0 Å². The Labute approximate surface area is 117 Å². The summed E-state index contributed by atoms with van der Waals surface area (Å²) in [6.07, 6.45) is 5.71. The Balaban J connectivity index is 2.16. The molecule has 2 aromatic heterocycles. The van der Waals surface area contributed by atoms with Gasteiger partial charge in [0, 0.05) is 30.1 Å². The summed E-state index contributed by atoms with van der Waals surface area (Å²) >= 11 is 0. The van der Waals surface area contributed by atoms with E-state index in [1.54, 1.807) is 6.07 Å². The molecule has 0 unspecified atom stereocenters. The highest BCUT2D eigenvalue weighted by Crippen LogP contribution is 2.10. The van der Waals surface area contributed by atoms with Crippen molar-refractivity contribution < 1.29 is 12.8 Å².